The maximum atomic E-state index is 14.2. The largest absolute Gasteiger partial charge is 0.351 e. The molecule has 1 fully saturated rings. The van der Waals surface area contributed by atoms with Gasteiger partial charge in [-0.05, 0) is 48.1 Å². The zero-order valence-corrected chi connectivity index (χ0v) is 19.2. The molecule has 9 heteroatoms. The lowest BCUT2D eigenvalue weighted by molar-refractivity contribution is -0.384. The first-order chi connectivity index (χ1) is 16.4. The number of amides is 2. The third-order valence-electron chi connectivity index (χ3n) is 5.87. The van der Waals surface area contributed by atoms with E-state index >= 15 is 0 Å². The van der Waals surface area contributed by atoms with Gasteiger partial charge in [-0.25, -0.2) is 4.39 Å². The zero-order valence-electron chi connectivity index (χ0n) is 18.4. The van der Waals surface area contributed by atoms with Crippen molar-refractivity contribution in [2.45, 2.75) is 44.2 Å². The molecule has 0 saturated heterocycles. The number of thiophene rings is 1. The molecule has 34 heavy (non-hydrogen) atoms. The number of nitrogens with one attached hydrogen (secondary N) is 1. The van der Waals surface area contributed by atoms with Gasteiger partial charge in [0, 0.05) is 28.7 Å². The minimum atomic E-state index is -1.20. The summed E-state index contributed by atoms with van der Waals surface area (Å²) in [4.78, 5) is 40.1. The Labute approximate surface area is 200 Å². The molecule has 7 nitrogen and oxygen atoms in total. The van der Waals surface area contributed by atoms with Crippen LogP contribution in [0.1, 0.15) is 42.2 Å². The normalized spacial score (nSPS) is 14.5. The monoisotopic (exact) mass is 481 g/mol. The molecule has 0 radical (unpaired) electrons. The Morgan fingerprint density at radius 2 is 1.88 bits per heavy atom. The van der Waals surface area contributed by atoms with Crippen molar-refractivity contribution in [3.63, 3.8) is 0 Å². The maximum absolute atomic E-state index is 14.2. The molecule has 1 heterocycles. The average Bonchev–Trinajstić information content (AvgIpc) is 3.51. The SMILES string of the molecule is O=C(NC1CCCC1)C(c1cccc([N+](=O)[O-])c1)N(C(=O)Cc1cccs1)c1cccc(F)c1. The summed E-state index contributed by atoms with van der Waals surface area (Å²) in [6.07, 6.45) is 3.66. The maximum Gasteiger partial charge on any atom is 0.269 e. The predicted molar refractivity (Wildman–Crippen MR) is 128 cm³/mol. The number of rotatable bonds is 8. The van der Waals surface area contributed by atoms with Crippen molar-refractivity contribution in [1.82, 2.24) is 5.32 Å². The van der Waals surface area contributed by atoms with E-state index in [0.29, 0.717) is 0 Å². The summed E-state index contributed by atoms with van der Waals surface area (Å²) in [5.74, 6) is -1.41. The number of non-ortho nitro benzene ring substituents is 1. The highest BCUT2D eigenvalue weighted by Crippen LogP contribution is 2.32. The van der Waals surface area contributed by atoms with Crippen LogP contribution in [0.25, 0.3) is 0 Å². The molecule has 1 aliphatic rings. The molecule has 1 atom stereocenters. The first-order valence-electron chi connectivity index (χ1n) is 11.1. The number of halogens is 1. The Kier molecular flexibility index (Phi) is 7.32. The van der Waals surface area contributed by atoms with Gasteiger partial charge in [-0.3, -0.25) is 24.6 Å². The molecule has 1 aromatic heterocycles. The van der Waals surface area contributed by atoms with Gasteiger partial charge < -0.3 is 5.32 Å². The van der Waals surface area contributed by atoms with Gasteiger partial charge in [0.05, 0.1) is 11.3 Å². The number of nitrogens with zero attached hydrogens (tertiary/aromatic N) is 2. The minimum Gasteiger partial charge on any atom is -0.351 e. The first-order valence-corrected chi connectivity index (χ1v) is 11.9. The van der Waals surface area contributed by atoms with Gasteiger partial charge in [-0.1, -0.05) is 37.1 Å². The molecule has 1 aliphatic carbocycles. The van der Waals surface area contributed by atoms with Crippen molar-refractivity contribution in [3.05, 3.63) is 92.4 Å². The third kappa shape index (κ3) is 5.48. The second-order valence-electron chi connectivity index (χ2n) is 8.24. The zero-order chi connectivity index (χ0) is 24.1. The Hall–Kier alpha value is -3.59. The van der Waals surface area contributed by atoms with E-state index in [-0.39, 0.29) is 29.4 Å². The van der Waals surface area contributed by atoms with Crippen LogP contribution in [0.15, 0.2) is 66.0 Å². The number of benzene rings is 2. The van der Waals surface area contributed by atoms with Gasteiger partial charge in [0.15, 0.2) is 0 Å². The Balaban J connectivity index is 1.80. The number of anilines is 1. The van der Waals surface area contributed by atoms with Crippen molar-refractivity contribution in [2.75, 3.05) is 4.90 Å². The summed E-state index contributed by atoms with van der Waals surface area (Å²) in [6.45, 7) is 0. The summed E-state index contributed by atoms with van der Waals surface area (Å²) in [6, 6.07) is 13.6. The van der Waals surface area contributed by atoms with E-state index in [4.69, 9.17) is 0 Å². The number of carbonyl (C=O) groups excluding carboxylic acids is 2. The van der Waals surface area contributed by atoms with Crippen LogP contribution < -0.4 is 10.2 Å². The van der Waals surface area contributed by atoms with Crippen LogP contribution in [0.5, 0.6) is 0 Å². The highest BCUT2D eigenvalue weighted by atomic mass is 32.1. The molecule has 2 amide bonds. The second-order valence-corrected chi connectivity index (χ2v) is 9.28. The van der Waals surface area contributed by atoms with E-state index in [2.05, 4.69) is 5.32 Å². The average molecular weight is 482 g/mol. The molecule has 3 aromatic rings. The Bertz CT molecular complexity index is 1180. The number of hydrogen-bond acceptors (Lipinski definition) is 5. The fourth-order valence-electron chi connectivity index (χ4n) is 4.29. The summed E-state index contributed by atoms with van der Waals surface area (Å²) in [5, 5.41) is 16.3. The van der Waals surface area contributed by atoms with Crippen LogP contribution >= 0.6 is 11.3 Å². The summed E-state index contributed by atoms with van der Waals surface area (Å²) in [7, 11) is 0. The molecule has 1 saturated carbocycles. The Morgan fingerprint density at radius 3 is 2.56 bits per heavy atom. The molecule has 2 aromatic carbocycles. The molecule has 1 N–H and O–H groups in total. The summed E-state index contributed by atoms with van der Waals surface area (Å²) < 4.78 is 14.2. The Morgan fingerprint density at radius 1 is 1.12 bits per heavy atom. The van der Waals surface area contributed by atoms with E-state index in [1.165, 1.54) is 52.6 Å². The second kappa shape index (κ2) is 10.6. The topological polar surface area (TPSA) is 92.5 Å². The molecule has 0 spiro atoms. The molecule has 4 rings (SSSR count). The van der Waals surface area contributed by atoms with E-state index in [1.54, 1.807) is 12.1 Å². The summed E-state index contributed by atoms with van der Waals surface area (Å²) in [5.41, 5.74) is 0.300. The minimum absolute atomic E-state index is 0.0102. The lowest BCUT2D eigenvalue weighted by atomic mass is 10.0. The molecular formula is C25H24FN3O4S. The molecular weight excluding hydrogens is 457 g/mol. The molecule has 0 aliphatic heterocycles. The summed E-state index contributed by atoms with van der Waals surface area (Å²) >= 11 is 1.40. The van der Waals surface area contributed by atoms with Crippen molar-refractivity contribution in [2.24, 2.45) is 0 Å². The number of nitro benzene ring substituents is 1. The van der Waals surface area contributed by atoms with Crippen molar-refractivity contribution in [1.29, 1.82) is 0 Å². The van der Waals surface area contributed by atoms with E-state index in [0.717, 1.165) is 30.6 Å². The lowest BCUT2D eigenvalue weighted by Gasteiger charge is -2.32. The predicted octanol–water partition coefficient (Wildman–Crippen LogP) is 5.17. The number of hydrogen-bond donors (Lipinski definition) is 1. The number of nitro groups is 1. The molecule has 0 bridgehead atoms. The van der Waals surface area contributed by atoms with Crippen molar-refractivity contribution >= 4 is 34.5 Å². The van der Waals surface area contributed by atoms with Gasteiger partial charge in [0.2, 0.25) is 11.8 Å². The molecule has 1 unspecified atom stereocenters. The van der Waals surface area contributed by atoms with Crippen LogP contribution in [0, 0.1) is 15.9 Å². The van der Waals surface area contributed by atoms with Gasteiger partial charge in [0.1, 0.15) is 11.9 Å². The quantitative estimate of drug-likeness (QED) is 0.355. The highest BCUT2D eigenvalue weighted by molar-refractivity contribution is 7.10. The van der Waals surface area contributed by atoms with Crippen LogP contribution in [-0.2, 0) is 16.0 Å². The molecule has 176 valence electrons. The lowest BCUT2D eigenvalue weighted by Crippen LogP contribution is -2.46. The van der Waals surface area contributed by atoms with Crippen LogP contribution in [0.4, 0.5) is 15.8 Å². The highest BCUT2D eigenvalue weighted by Gasteiger charge is 2.35. The van der Waals surface area contributed by atoms with Gasteiger partial charge in [-0.15, -0.1) is 11.3 Å². The number of carbonyl (C=O) groups is 2. The van der Waals surface area contributed by atoms with Crippen molar-refractivity contribution < 1.29 is 18.9 Å². The first kappa shape index (κ1) is 23.6. The fraction of sp³-hybridized carbons (Fsp3) is 0.280. The van der Waals surface area contributed by atoms with E-state index < -0.39 is 28.6 Å². The van der Waals surface area contributed by atoms with Crippen LogP contribution in [-0.4, -0.2) is 22.8 Å². The van der Waals surface area contributed by atoms with Crippen LogP contribution in [0.3, 0.4) is 0 Å². The third-order valence-corrected chi connectivity index (χ3v) is 6.74. The van der Waals surface area contributed by atoms with Crippen molar-refractivity contribution in [3.8, 4) is 0 Å². The van der Waals surface area contributed by atoms with Gasteiger partial charge in [-0.2, -0.15) is 0 Å². The van der Waals surface area contributed by atoms with Crippen LogP contribution in [0.2, 0.25) is 0 Å². The van der Waals surface area contributed by atoms with E-state index in [1.807, 2.05) is 17.5 Å². The standard InChI is InChI=1S/C25H24FN3O4S/c26-18-7-4-10-20(15-18)28(23(30)16-22-12-5-13-34-22)24(25(31)27-19-8-1-2-9-19)17-6-3-11-21(14-17)29(32)33/h3-7,10-15,19,24H,1-2,8-9,16H2,(H,27,31). The van der Waals surface area contributed by atoms with E-state index in [9.17, 15) is 24.1 Å². The van der Waals surface area contributed by atoms with Gasteiger partial charge in [0.25, 0.3) is 5.69 Å². The van der Waals surface area contributed by atoms with Gasteiger partial charge >= 0.3 is 0 Å². The fourth-order valence-corrected chi connectivity index (χ4v) is 4.98. The smallest absolute Gasteiger partial charge is 0.269 e.